The molecule has 0 atom stereocenters. The van der Waals surface area contributed by atoms with E-state index in [1.165, 1.54) is 10.8 Å². The molecule has 0 unspecified atom stereocenters. The van der Waals surface area contributed by atoms with Gasteiger partial charge in [0.25, 0.3) is 0 Å². The van der Waals surface area contributed by atoms with Gasteiger partial charge in [-0.15, -0.1) is 0 Å². The summed E-state index contributed by atoms with van der Waals surface area (Å²) in [5.41, 5.74) is 2.16. The number of likely N-dealkylation sites (N-methyl/N-ethyl adjacent to an activating group) is 1. The summed E-state index contributed by atoms with van der Waals surface area (Å²) in [7, 11) is 1.69. The zero-order valence-corrected chi connectivity index (χ0v) is 15.6. The molecule has 1 aliphatic heterocycles. The molecule has 2 aromatic heterocycles. The summed E-state index contributed by atoms with van der Waals surface area (Å²) in [6, 6.07) is 10.3. The molecule has 0 amide bonds. The van der Waals surface area contributed by atoms with Crippen LogP contribution in [0, 0.1) is 0 Å². The number of thiophene rings is 1. The van der Waals surface area contributed by atoms with Crippen molar-refractivity contribution in [3.05, 3.63) is 41.1 Å². The monoisotopic (exact) mass is 353 g/mol. The van der Waals surface area contributed by atoms with Crippen LogP contribution in [0.5, 0.6) is 5.75 Å². The van der Waals surface area contributed by atoms with Crippen molar-refractivity contribution in [3.63, 3.8) is 0 Å². The highest BCUT2D eigenvalue weighted by Gasteiger charge is 2.20. The predicted octanol–water partition coefficient (Wildman–Crippen LogP) is 4.11. The molecule has 3 aromatic rings. The standard InChI is InChI=1S/C20H23N3OS/c1-3-22-8-10-23(11-9-22)20-18-14-25-13-16(18)12-19(21-20)15-4-6-17(24-2)7-5-15/h4-7,12-14H,3,8-11H2,1-2H3. The lowest BCUT2D eigenvalue weighted by Crippen LogP contribution is -2.46. The van der Waals surface area contributed by atoms with E-state index < -0.39 is 0 Å². The molecule has 0 spiro atoms. The smallest absolute Gasteiger partial charge is 0.138 e. The third-order valence-electron chi connectivity index (χ3n) is 4.96. The second kappa shape index (κ2) is 7.02. The molecule has 1 fully saturated rings. The van der Waals surface area contributed by atoms with Gasteiger partial charge in [-0.25, -0.2) is 4.98 Å². The maximum absolute atomic E-state index is 5.27. The highest BCUT2D eigenvalue weighted by molar-refractivity contribution is 7.09. The Balaban J connectivity index is 1.72. The Morgan fingerprint density at radius 3 is 2.52 bits per heavy atom. The Bertz CT molecular complexity index is 851. The topological polar surface area (TPSA) is 28.6 Å². The van der Waals surface area contributed by atoms with Crippen molar-refractivity contribution in [1.29, 1.82) is 0 Å². The SMILES string of the molecule is CCN1CCN(c2nc(-c3ccc(OC)cc3)cc3cscc23)CC1. The number of methoxy groups -OCH3 is 1. The number of rotatable bonds is 4. The lowest BCUT2D eigenvalue weighted by molar-refractivity contribution is 0.271. The van der Waals surface area contributed by atoms with Crippen LogP contribution in [0.1, 0.15) is 6.92 Å². The minimum atomic E-state index is 0.872. The van der Waals surface area contributed by atoms with Gasteiger partial charge in [-0.3, -0.25) is 0 Å². The molecule has 130 valence electrons. The normalized spacial score (nSPS) is 15.7. The number of hydrogen-bond acceptors (Lipinski definition) is 5. The van der Waals surface area contributed by atoms with Crippen molar-refractivity contribution >= 4 is 27.9 Å². The maximum Gasteiger partial charge on any atom is 0.138 e. The number of anilines is 1. The van der Waals surface area contributed by atoms with E-state index in [4.69, 9.17) is 9.72 Å². The Hall–Kier alpha value is -2.11. The van der Waals surface area contributed by atoms with Gasteiger partial charge in [-0.2, -0.15) is 11.3 Å². The zero-order valence-electron chi connectivity index (χ0n) is 14.7. The number of ether oxygens (including phenoxy) is 1. The predicted molar refractivity (Wildman–Crippen MR) is 106 cm³/mol. The van der Waals surface area contributed by atoms with E-state index in [-0.39, 0.29) is 0 Å². The number of benzene rings is 1. The van der Waals surface area contributed by atoms with Crippen LogP contribution >= 0.6 is 11.3 Å². The number of aromatic nitrogens is 1. The molecule has 3 heterocycles. The number of pyridine rings is 1. The van der Waals surface area contributed by atoms with Gasteiger partial charge < -0.3 is 14.5 Å². The van der Waals surface area contributed by atoms with Crippen molar-refractivity contribution in [2.75, 3.05) is 44.7 Å². The van der Waals surface area contributed by atoms with E-state index in [0.29, 0.717) is 0 Å². The second-order valence-corrected chi connectivity index (χ2v) is 7.10. The summed E-state index contributed by atoms with van der Waals surface area (Å²) in [6.45, 7) is 7.65. The molecule has 1 aromatic carbocycles. The van der Waals surface area contributed by atoms with E-state index in [9.17, 15) is 0 Å². The van der Waals surface area contributed by atoms with E-state index in [0.717, 1.165) is 55.5 Å². The Morgan fingerprint density at radius 1 is 1.08 bits per heavy atom. The van der Waals surface area contributed by atoms with Gasteiger partial charge in [-0.1, -0.05) is 6.92 Å². The highest BCUT2D eigenvalue weighted by atomic mass is 32.1. The Kier molecular flexibility index (Phi) is 4.59. The quantitative estimate of drug-likeness (QED) is 0.706. The number of hydrogen-bond donors (Lipinski definition) is 0. The first-order chi connectivity index (χ1) is 12.3. The molecule has 0 radical (unpaired) electrons. The summed E-state index contributed by atoms with van der Waals surface area (Å²) in [5, 5.41) is 6.99. The van der Waals surface area contributed by atoms with Gasteiger partial charge in [0.1, 0.15) is 11.6 Å². The summed E-state index contributed by atoms with van der Waals surface area (Å²) < 4.78 is 5.27. The number of fused-ring (bicyclic) bond motifs is 1. The molecule has 5 heteroatoms. The molecule has 4 nitrogen and oxygen atoms in total. The molecule has 4 rings (SSSR count). The van der Waals surface area contributed by atoms with Gasteiger partial charge in [0.05, 0.1) is 12.8 Å². The van der Waals surface area contributed by atoms with E-state index in [1.807, 2.05) is 12.1 Å². The lowest BCUT2D eigenvalue weighted by Gasteiger charge is -2.35. The molecular weight excluding hydrogens is 330 g/mol. The Labute approximate surface area is 152 Å². The largest absolute Gasteiger partial charge is 0.497 e. The molecule has 1 aliphatic rings. The van der Waals surface area contributed by atoms with E-state index in [1.54, 1.807) is 18.4 Å². The van der Waals surface area contributed by atoms with Crippen LogP contribution in [0.4, 0.5) is 5.82 Å². The molecule has 0 aliphatic carbocycles. The molecule has 0 N–H and O–H groups in total. The minimum Gasteiger partial charge on any atom is -0.497 e. The van der Waals surface area contributed by atoms with Crippen molar-refractivity contribution in [2.45, 2.75) is 6.92 Å². The summed E-state index contributed by atoms with van der Waals surface area (Å²) >= 11 is 1.75. The molecular formula is C20H23N3OS. The third kappa shape index (κ3) is 3.22. The summed E-state index contributed by atoms with van der Waals surface area (Å²) in [5.74, 6) is 2.00. The average molecular weight is 353 g/mol. The second-order valence-electron chi connectivity index (χ2n) is 6.36. The van der Waals surface area contributed by atoms with Crippen LogP contribution in [0.25, 0.3) is 22.0 Å². The van der Waals surface area contributed by atoms with E-state index >= 15 is 0 Å². The summed E-state index contributed by atoms with van der Waals surface area (Å²) in [4.78, 5) is 9.98. The van der Waals surface area contributed by atoms with Crippen LogP contribution in [-0.2, 0) is 0 Å². The van der Waals surface area contributed by atoms with Gasteiger partial charge in [0.15, 0.2) is 0 Å². The molecule has 1 saturated heterocycles. The van der Waals surface area contributed by atoms with E-state index in [2.05, 4.69) is 45.7 Å². The van der Waals surface area contributed by atoms with Crippen LogP contribution in [0.3, 0.4) is 0 Å². The molecule has 25 heavy (non-hydrogen) atoms. The first kappa shape index (κ1) is 16.4. The van der Waals surface area contributed by atoms with Gasteiger partial charge in [0.2, 0.25) is 0 Å². The van der Waals surface area contributed by atoms with Gasteiger partial charge in [-0.05, 0) is 47.6 Å². The van der Waals surface area contributed by atoms with Crippen molar-refractivity contribution in [2.24, 2.45) is 0 Å². The Morgan fingerprint density at radius 2 is 1.84 bits per heavy atom. The van der Waals surface area contributed by atoms with Crippen molar-refractivity contribution in [3.8, 4) is 17.0 Å². The van der Waals surface area contributed by atoms with Crippen LogP contribution in [0.2, 0.25) is 0 Å². The minimum absolute atomic E-state index is 0.872. The third-order valence-corrected chi connectivity index (χ3v) is 5.72. The fraction of sp³-hybridized carbons (Fsp3) is 0.350. The fourth-order valence-corrected chi connectivity index (χ4v) is 4.17. The van der Waals surface area contributed by atoms with Crippen LogP contribution < -0.4 is 9.64 Å². The number of nitrogens with zero attached hydrogens (tertiary/aromatic N) is 3. The van der Waals surface area contributed by atoms with Crippen molar-refractivity contribution in [1.82, 2.24) is 9.88 Å². The number of piperazine rings is 1. The van der Waals surface area contributed by atoms with Crippen molar-refractivity contribution < 1.29 is 4.74 Å². The van der Waals surface area contributed by atoms with Crippen LogP contribution in [0.15, 0.2) is 41.1 Å². The first-order valence-electron chi connectivity index (χ1n) is 8.77. The first-order valence-corrected chi connectivity index (χ1v) is 9.71. The highest BCUT2D eigenvalue weighted by Crippen LogP contribution is 2.33. The molecule has 0 bridgehead atoms. The maximum atomic E-state index is 5.27. The van der Waals surface area contributed by atoms with Gasteiger partial charge >= 0.3 is 0 Å². The van der Waals surface area contributed by atoms with Crippen LogP contribution in [-0.4, -0.2) is 49.7 Å². The fourth-order valence-electron chi connectivity index (χ4n) is 3.38. The molecule has 0 saturated carbocycles. The van der Waals surface area contributed by atoms with Gasteiger partial charge in [0, 0.05) is 42.5 Å². The average Bonchev–Trinajstić information content (AvgIpc) is 3.16. The summed E-state index contributed by atoms with van der Waals surface area (Å²) in [6.07, 6.45) is 0. The zero-order chi connectivity index (χ0) is 17.2. The lowest BCUT2D eigenvalue weighted by atomic mass is 10.1.